The molecule has 0 aliphatic carbocycles. The summed E-state index contributed by atoms with van der Waals surface area (Å²) in [4.78, 5) is 49.0. The molecule has 0 heterocycles. The topological polar surface area (TPSA) is 170 Å². The van der Waals surface area contributed by atoms with E-state index < -0.39 is 59.6 Å². The van der Waals surface area contributed by atoms with Crippen molar-refractivity contribution in [1.29, 1.82) is 0 Å². The van der Waals surface area contributed by atoms with Gasteiger partial charge in [-0.1, -0.05) is 19.9 Å². The molecule has 3 N–H and O–H groups in total. The molecule has 0 aromatic heterocycles. The van der Waals surface area contributed by atoms with Gasteiger partial charge in [-0.15, -0.1) is 0 Å². The first kappa shape index (κ1) is 34.5. The fourth-order valence-corrected chi connectivity index (χ4v) is 3.44. The minimum atomic E-state index is -1.45. The normalized spacial score (nSPS) is 15.5. The third kappa shape index (κ3) is 11.7. The van der Waals surface area contributed by atoms with Gasteiger partial charge in [0.15, 0.2) is 11.5 Å². The van der Waals surface area contributed by atoms with Crippen molar-refractivity contribution in [3.63, 3.8) is 0 Å². The maximum Gasteiger partial charge on any atom is 0.514 e. The smallest absolute Gasteiger partial charge is 0.480 e. The third-order valence-electron chi connectivity index (χ3n) is 5.65. The molecule has 1 rings (SSSR count). The van der Waals surface area contributed by atoms with Gasteiger partial charge in [0, 0.05) is 11.8 Å². The van der Waals surface area contributed by atoms with Crippen molar-refractivity contribution in [3.8, 4) is 11.5 Å². The Bertz CT molecular complexity index is 1040. The standard InChI is InChI=1S/C28H43NO11/c1-11-15(2)35-24(32)36-17(4)16(3)21(22(29)23(30)31)18-12-13-19(37-25(33)39-27(5,6)7)20(14-18)38-26(34)40-28(8,9)10/h12-17,21-22H,11,29H2,1-10H3,(H,30,31)/t15?,16?,17?,21?,22-/m0/s1. The Labute approximate surface area is 235 Å². The molecule has 0 spiro atoms. The van der Waals surface area contributed by atoms with Gasteiger partial charge in [-0.3, -0.25) is 4.79 Å². The molecule has 40 heavy (non-hydrogen) atoms. The lowest BCUT2D eigenvalue weighted by Gasteiger charge is -2.31. The van der Waals surface area contributed by atoms with Crippen molar-refractivity contribution in [1.82, 2.24) is 0 Å². The molecule has 5 atom stereocenters. The Hall–Kier alpha value is -3.54. The number of benzene rings is 1. The number of carbonyl (C=O) groups is 4. The summed E-state index contributed by atoms with van der Waals surface area (Å²) in [6, 6.07) is 2.66. The van der Waals surface area contributed by atoms with Crippen LogP contribution < -0.4 is 15.2 Å². The molecule has 0 bridgehead atoms. The van der Waals surface area contributed by atoms with Crippen molar-refractivity contribution in [2.75, 3.05) is 0 Å². The predicted molar refractivity (Wildman–Crippen MR) is 144 cm³/mol. The monoisotopic (exact) mass is 569 g/mol. The number of carbonyl (C=O) groups excluding carboxylic acids is 3. The zero-order valence-electron chi connectivity index (χ0n) is 24.9. The van der Waals surface area contributed by atoms with Crippen LogP contribution in [0.4, 0.5) is 14.4 Å². The molecule has 0 saturated carbocycles. The van der Waals surface area contributed by atoms with E-state index in [2.05, 4.69) is 0 Å². The molecule has 0 saturated heterocycles. The molecule has 0 amide bonds. The Morgan fingerprint density at radius 2 is 1.32 bits per heavy atom. The van der Waals surface area contributed by atoms with Gasteiger partial charge < -0.3 is 39.3 Å². The van der Waals surface area contributed by atoms with Gasteiger partial charge in [0.25, 0.3) is 0 Å². The van der Waals surface area contributed by atoms with Crippen molar-refractivity contribution in [3.05, 3.63) is 23.8 Å². The van der Waals surface area contributed by atoms with E-state index in [9.17, 15) is 24.3 Å². The van der Waals surface area contributed by atoms with Crippen LogP contribution in [0, 0.1) is 5.92 Å². The second-order valence-electron chi connectivity index (χ2n) is 11.5. The summed E-state index contributed by atoms with van der Waals surface area (Å²) in [7, 11) is 0. The van der Waals surface area contributed by atoms with E-state index in [0.717, 1.165) is 0 Å². The summed E-state index contributed by atoms with van der Waals surface area (Å²) in [5.74, 6) is -3.32. The maximum atomic E-state index is 12.5. The lowest BCUT2D eigenvalue weighted by molar-refractivity contribution is -0.139. The largest absolute Gasteiger partial charge is 0.514 e. The minimum absolute atomic E-state index is 0.180. The van der Waals surface area contributed by atoms with E-state index in [1.54, 1.807) is 62.3 Å². The number of ether oxygens (including phenoxy) is 6. The lowest BCUT2D eigenvalue weighted by atomic mass is 9.79. The fraction of sp³-hybridized carbons (Fsp3) is 0.643. The zero-order valence-corrected chi connectivity index (χ0v) is 24.9. The highest BCUT2D eigenvalue weighted by Gasteiger charge is 2.36. The highest BCUT2D eigenvalue weighted by atomic mass is 16.8. The number of nitrogens with two attached hydrogens (primary N) is 1. The van der Waals surface area contributed by atoms with E-state index in [-0.39, 0.29) is 17.6 Å². The summed E-state index contributed by atoms with van der Waals surface area (Å²) >= 11 is 0. The van der Waals surface area contributed by atoms with Crippen LogP contribution in [0.2, 0.25) is 0 Å². The number of hydrogen-bond donors (Lipinski definition) is 2. The first-order chi connectivity index (χ1) is 18.2. The Morgan fingerprint density at radius 1 is 0.825 bits per heavy atom. The number of carboxylic acid groups (broad SMARTS) is 1. The maximum absolute atomic E-state index is 12.5. The van der Waals surface area contributed by atoms with Crippen LogP contribution in [0.15, 0.2) is 18.2 Å². The van der Waals surface area contributed by atoms with E-state index >= 15 is 0 Å². The SMILES string of the molecule is CCC(C)OC(=O)OC(C)C(C)C(c1ccc(OC(=O)OC(C)(C)C)c(OC(=O)OC(C)(C)C)c1)[C@H](N)C(=O)O. The number of rotatable bonds is 10. The van der Waals surface area contributed by atoms with Gasteiger partial charge in [0.2, 0.25) is 0 Å². The van der Waals surface area contributed by atoms with Gasteiger partial charge in [-0.05, 0) is 79.5 Å². The molecule has 0 fully saturated rings. The number of carboxylic acids is 1. The van der Waals surface area contributed by atoms with Crippen LogP contribution in [0.5, 0.6) is 11.5 Å². The summed E-state index contributed by atoms with van der Waals surface area (Å²) < 4.78 is 31.6. The second-order valence-corrected chi connectivity index (χ2v) is 11.5. The molecule has 12 nitrogen and oxygen atoms in total. The van der Waals surface area contributed by atoms with Gasteiger partial charge in [0.05, 0.1) is 0 Å². The molecular formula is C28H43NO11. The number of hydrogen-bond acceptors (Lipinski definition) is 11. The zero-order chi connectivity index (χ0) is 31.0. The van der Waals surface area contributed by atoms with Crippen LogP contribution in [-0.2, 0) is 23.7 Å². The summed E-state index contributed by atoms with van der Waals surface area (Å²) in [5.41, 5.74) is 4.64. The fourth-order valence-electron chi connectivity index (χ4n) is 3.44. The average Bonchev–Trinajstić information content (AvgIpc) is 2.77. The van der Waals surface area contributed by atoms with Crippen molar-refractivity contribution in [2.24, 2.45) is 11.7 Å². The third-order valence-corrected chi connectivity index (χ3v) is 5.65. The molecule has 0 aliphatic rings. The van der Waals surface area contributed by atoms with Gasteiger partial charge in [-0.25, -0.2) is 14.4 Å². The van der Waals surface area contributed by atoms with Crippen molar-refractivity contribution < 1.29 is 52.7 Å². The van der Waals surface area contributed by atoms with E-state index in [0.29, 0.717) is 12.0 Å². The Balaban J connectivity index is 3.47. The van der Waals surface area contributed by atoms with Gasteiger partial charge in [-0.2, -0.15) is 0 Å². The van der Waals surface area contributed by atoms with Crippen LogP contribution in [0.1, 0.15) is 87.1 Å². The van der Waals surface area contributed by atoms with Crippen molar-refractivity contribution in [2.45, 2.75) is 111 Å². The quantitative estimate of drug-likeness (QED) is 0.198. The molecular weight excluding hydrogens is 526 g/mol. The average molecular weight is 570 g/mol. The summed E-state index contributed by atoms with van der Waals surface area (Å²) in [6.07, 6.45) is -3.63. The second kappa shape index (κ2) is 14.2. The molecule has 1 aromatic carbocycles. The van der Waals surface area contributed by atoms with E-state index in [4.69, 9.17) is 34.2 Å². The first-order valence-electron chi connectivity index (χ1n) is 13.0. The molecule has 4 unspecified atom stereocenters. The highest BCUT2D eigenvalue weighted by Crippen LogP contribution is 2.37. The molecule has 226 valence electrons. The van der Waals surface area contributed by atoms with Gasteiger partial charge in [0.1, 0.15) is 29.5 Å². The molecule has 1 aromatic rings. The van der Waals surface area contributed by atoms with Crippen LogP contribution in [0.3, 0.4) is 0 Å². The van der Waals surface area contributed by atoms with Crippen molar-refractivity contribution >= 4 is 24.4 Å². The summed E-state index contributed by atoms with van der Waals surface area (Å²) in [6.45, 7) is 16.7. The van der Waals surface area contributed by atoms with Crippen LogP contribution in [-0.4, -0.2) is 59.0 Å². The highest BCUT2D eigenvalue weighted by molar-refractivity contribution is 5.75. The van der Waals surface area contributed by atoms with Gasteiger partial charge >= 0.3 is 24.4 Å². The predicted octanol–water partition coefficient (Wildman–Crippen LogP) is 5.79. The van der Waals surface area contributed by atoms with Crippen LogP contribution >= 0.6 is 0 Å². The summed E-state index contributed by atoms with van der Waals surface area (Å²) in [5, 5.41) is 9.75. The first-order valence-corrected chi connectivity index (χ1v) is 13.0. The number of aliphatic carboxylic acids is 1. The lowest BCUT2D eigenvalue weighted by Crippen LogP contribution is -2.42. The van der Waals surface area contributed by atoms with E-state index in [1.807, 2.05) is 6.92 Å². The Morgan fingerprint density at radius 3 is 1.77 bits per heavy atom. The molecule has 12 heteroatoms. The molecule has 0 aliphatic heterocycles. The minimum Gasteiger partial charge on any atom is -0.480 e. The van der Waals surface area contributed by atoms with Crippen LogP contribution in [0.25, 0.3) is 0 Å². The van der Waals surface area contributed by atoms with E-state index in [1.165, 1.54) is 18.2 Å². The Kier molecular flexibility index (Phi) is 12.2. The molecule has 0 radical (unpaired) electrons.